The largest absolute Gasteiger partial charge is 0.381 e. The zero-order valence-electron chi connectivity index (χ0n) is 14.6. The molecule has 0 spiro atoms. The number of ether oxygens (including phenoxy) is 1. The van der Waals surface area contributed by atoms with Crippen molar-refractivity contribution in [2.75, 3.05) is 34.4 Å². The van der Waals surface area contributed by atoms with Gasteiger partial charge in [0.25, 0.3) is 0 Å². The summed E-state index contributed by atoms with van der Waals surface area (Å²) in [4.78, 5) is 0. The second-order valence-corrected chi connectivity index (χ2v) is 6.37. The van der Waals surface area contributed by atoms with Crippen LogP contribution in [0.2, 0.25) is 0 Å². The molecule has 0 amide bonds. The summed E-state index contributed by atoms with van der Waals surface area (Å²) >= 11 is 0. The van der Waals surface area contributed by atoms with Crippen molar-refractivity contribution in [3.05, 3.63) is 35.5 Å². The summed E-state index contributed by atoms with van der Waals surface area (Å²) in [6.07, 6.45) is 6.26. The van der Waals surface area contributed by atoms with E-state index in [1.807, 2.05) is 13.0 Å². The van der Waals surface area contributed by atoms with Crippen molar-refractivity contribution in [2.45, 2.75) is 39.7 Å². The van der Waals surface area contributed by atoms with Crippen molar-refractivity contribution in [1.82, 2.24) is 0 Å². The Bertz CT molecular complexity index is 439. The minimum Gasteiger partial charge on any atom is -0.381 e. The third kappa shape index (κ3) is 7.84. The highest BCUT2D eigenvalue weighted by Gasteiger charge is 2.27. The molecule has 0 radical (unpaired) electrons. The number of methoxy groups -OCH3 is 1. The van der Waals surface area contributed by atoms with Gasteiger partial charge in [-0.05, 0) is 38.8 Å². The molecule has 0 rings (SSSR count). The minimum atomic E-state index is 0.388. The molecule has 1 unspecified atom stereocenters. The molecular weight excluding hydrogens is 260 g/mol. The first-order valence-corrected chi connectivity index (χ1v) is 7.44. The third-order valence-electron chi connectivity index (χ3n) is 3.87. The van der Waals surface area contributed by atoms with Gasteiger partial charge in [0.15, 0.2) is 0 Å². The van der Waals surface area contributed by atoms with E-state index in [0.29, 0.717) is 12.6 Å². The van der Waals surface area contributed by atoms with E-state index in [9.17, 15) is 0 Å². The van der Waals surface area contributed by atoms with Gasteiger partial charge in [-0.2, -0.15) is 5.26 Å². The van der Waals surface area contributed by atoms with Crippen LogP contribution in [0.5, 0.6) is 0 Å². The van der Waals surface area contributed by atoms with Gasteiger partial charge in [0.2, 0.25) is 0 Å². The van der Waals surface area contributed by atoms with Crippen molar-refractivity contribution < 1.29 is 9.22 Å². The van der Waals surface area contributed by atoms with Crippen LogP contribution in [-0.2, 0) is 4.74 Å². The van der Waals surface area contributed by atoms with E-state index in [-0.39, 0.29) is 0 Å². The first-order chi connectivity index (χ1) is 9.74. The van der Waals surface area contributed by atoms with Crippen molar-refractivity contribution >= 4 is 0 Å². The van der Waals surface area contributed by atoms with Crippen LogP contribution in [0.1, 0.15) is 33.6 Å². The number of hydrogen-bond acceptors (Lipinski definition) is 2. The normalized spacial score (nSPS) is 14.7. The fourth-order valence-corrected chi connectivity index (χ4v) is 2.43. The molecular formula is C18H31N2O+. The van der Waals surface area contributed by atoms with Gasteiger partial charge in [0.1, 0.15) is 6.04 Å². The summed E-state index contributed by atoms with van der Waals surface area (Å²) in [7, 11) is 6.12. The van der Waals surface area contributed by atoms with E-state index in [1.54, 1.807) is 7.11 Å². The number of allylic oxidation sites excluding steroid dienone is 2. The molecule has 0 aliphatic carbocycles. The maximum absolute atomic E-state index is 8.88. The van der Waals surface area contributed by atoms with Gasteiger partial charge in [-0.15, -0.1) is 0 Å². The number of hydrogen-bond donors (Lipinski definition) is 0. The highest BCUT2D eigenvalue weighted by atomic mass is 16.5. The SMILES string of the molecule is C=C(C)C(CC/C(C)=C\COC)[N+](C)(C)C/C=C(/C)C#N. The maximum atomic E-state index is 8.88. The fourth-order valence-electron chi connectivity index (χ4n) is 2.43. The van der Waals surface area contributed by atoms with Gasteiger partial charge >= 0.3 is 0 Å². The van der Waals surface area contributed by atoms with Crippen LogP contribution < -0.4 is 0 Å². The van der Waals surface area contributed by atoms with Crippen LogP contribution >= 0.6 is 0 Å². The maximum Gasteiger partial charge on any atom is 0.110 e. The summed E-state index contributed by atoms with van der Waals surface area (Å²) in [6.45, 7) is 11.8. The summed E-state index contributed by atoms with van der Waals surface area (Å²) in [6, 6.07) is 2.57. The lowest BCUT2D eigenvalue weighted by Gasteiger charge is -2.38. The number of quaternary nitrogens is 1. The Labute approximate surface area is 130 Å². The average Bonchev–Trinajstić information content (AvgIpc) is 2.42. The van der Waals surface area contributed by atoms with E-state index in [1.165, 1.54) is 11.1 Å². The predicted molar refractivity (Wildman–Crippen MR) is 89.8 cm³/mol. The molecule has 0 aliphatic rings. The molecule has 0 bridgehead atoms. The Morgan fingerprint density at radius 2 is 1.90 bits per heavy atom. The van der Waals surface area contributed by atoms with Crippen molar-refractivity contribution in [2.24, 2.45) is 0 Å². The van der Waals surface area contributed by atoms with Crippen LogP contribution in [-0.4, -0.2) is 44.9 Å². The summed E-state index contributed by atoms with van der Waals surface area (Å²) < 4.78 is 5.90. The summed E-state index contributed by atoms with van der Waals surface area (Å²) in [5.41, 5.74) is 3.33. The Hall–Kier alpha value is -1.37. The van der Waals surface area contributed by atoms with E-state index >= 15 is 0 Å². The Morgan fingerprint density at radius 1 is 1.29 bits per heavy atom. The van der Waals surface area contributed by atoms with Gasteiger partial charge in [-0.3, -0.25) is 0 Å². The van der Waals surface area contributed by atoms with E-state index < -0.39 is 0 Å². The average molecular weight is 291 g/mol. The van der Waals surface area contributed by atoms with Gasteiger partial charge in [-0.1, -0.05) is 18.2 Å². The number of likely N-dealkylation sites (N-methyl/N-ethyl adjacent to an activating group) is 1. The Balaban J connectivity index is 4.82. The second kappa shape index (κ2) is 9.55. The first-order valence-electron chi connectivity index (χ1n) is 7.44. The van der Waals surface area contributed by atoms with E-state index in [2.05, 4.69) is 46.7 Å². The van der Waals surface area contributed by atoms with E-state index in [4.69, 9.17) is 10.00 Å². The lowest BCUT2D eigenvalue weighted by Crippen LogP contribution is -2.49. The number of nitriles is 1. The van der Waals surface area contributed by atoms with Gasteiger partial charge in [0, 0.05) is 19.1 Å². The Morgan fingerprint density at radius 3 is 2.38 bits per heavy atom. The zero-order chi connectivity index (χ0) is 16.5. The summed E-state index contributed by atoms with van der Waals surface area (Å²) in [5, 5.41) is 8.88. The van der Waals surface area contributed by atoms with Crippen molar-refractivity contribution in [3.8, 4) is 6.07 Å². The number of rotatable bonds is 9. The zero-order valence-corrected chi connectivity index (χ0v) is 14.6. The molecule has 0 aromatic carbocycles. The molecule has 0 saturated heterocycles. The molecule has 118 valence electrons. The van der Waals surface area contributed by atoms with Crippen LogP contribution in [0.25, 0.3) is 0 Å². The second-order valence-electron chi connectivity index (χ2n) is 6.37. The minimum absolute atomic E-state index is 0.388. The lowest BCUT2D eigenvalue weighted by molar-refractivity contribution is -0.904. The molecule has 0 fully saturated rings. The molecule has 21 heavy (non-hydrogen) atoms. The van der Waals surface area contributed by atoms with Gasteiger partial charge in [0.05, 0.1) is 33.3 Å². The molecule has 0 saturated carbocycles. The predicted octanol–water partition coefficient (Wildman–Crippen LogP) is 3.85. The fraction of sp³-hybridized carbons (Fsp3) is 0.611. The Kier molecular flexibility index (Phi) is 8.92. The van der Waals surface area contributed by atoms with Crippen molar-refractivity contribution in [1.29, 1.82) is 5.26 Å². The quantitative estimate of drug-likeness (QED) is 0.367. The standard InChI is InChI=1S/C18H31N2O/c1-15(2)18(9-8-16(3)11-13-21-7)20(5,6)12-10-17(4)14-19/h10-11,18H,1,8-9,12-13H2,2-7H3/q+1/b16-11-,17-10-. The molecule has 0 aromatic heterocycles. The van der Waals surface area contributed by atoms with Crippen LogP contribution in [0.4, 0.5) is 0 Å². The van der Waals surface area contributed by atoms with Crippen molar-refractivity contribution in [3.63, 3.8) is 0 Å². The number of nitrogens with zero attached hydrogens (tertiary/aromatic N) is 2. The molecule has 0 N–H and O–H groups in total. The molecule has 0 aromatic rings. The highest BCUT2D eigenvalue weighted by Crippen LogP contribution is 2.22. The van der Waals surface area contributed by atoms with E-state index in [0.717, 1.165) is 29.4 Å². The van der Waals surface area contributed by atoms with Crippen LogP contribution in [0.3, 0.4) is 0 Å². The molecule has 3 nitrogen and oxygen atoms in total. The smallest absolute Gasteiger partial charge is 0.110 e. The third-order valence-corrected chi connectivity index (χ3v) is 3.87. The lowest BCUT2D eigenvalue weighted by atomic mass is 9.98. The van der Waals surface area contributed by atoms with Gasteiger partial charge in [-0.25, -0.2) is 0 Å². The molecule has 1 atom stereocenters. The molecule has 3 heteroatoms. The van der Waals surface area contributed by atoms with Crippen LogP contribution in [0.15, 0.2) is 35.5 Å². The topological polar surface area (TPSA) is 33.0 Å². The van der Waals surface area contributed by atoms with Crippen LogP contribution in [0, 0.1) is 11.3 Å². The van der Waals surface area contributed by atoms with Gasteiger partial charge < -0.3 is 9.22 Å². The molecule has 0 heterocycles. The monoisotopic (exact) mass is 291 g/mol. The molecule has 0 aliphatic heterocycles. The summed E-state index contributed by atoms with van der Waals surface area (Å²) in [5.74, 6) is 0. The highest BCUT2D eigenvalue weighted by molar-refractivity contribution is 5.17. The first kappa shape index (κ1) is 19.6.